The smallest absolute Gasteiger partial charge is 0.246 e. The number of rotatable bonds is 4. The molecular formula is C32H29ClF2N4O2. The molecule has 2 atom stereocenters. The van der Waals surface area contributed by atoms with Crippen molar-refractivity contribution in [2.45, 2.75) is 43.9 Å². The summed E-state index contributed by atoms with van der Waals surface area (Å²) in [5, 5.41) is 1.67. The van der Waals surface area contributed by atoms with Crippen molar-refractivity contribution in [2.75, 3.05) is 19.6 Å². The van der Waals surface area contributed by atoms with E-state index in [1.54, 1.807) is 9.80 Å². The van der Waals surface area contributed by atoms with Crippen molar-refractivity contribution in [1.82, 2.24) is 19.7 Å². The van der Waals surface area contributed by atoms with Crippen LogP contribution in [0.5, 0.6) is 0 Å². The highest BCUT2D eigenvalue weighted by Crippen LogP contribution is 2.43. The number of H-pyrrole nitrogens is 1. The van der Waals surface area contributed by atoms with Crippen LogP contribution in [0.2, 0.25) is 5.02 Å². The average Bonchev–Trinajstić information content (AvgIpc) is 3.35. The maximum atomic E-state index is 14.2. The van der Waals surface area contributed by atoms with Crippen LogP contribution >= 0.6 is 11.6 Å². The number of aromatic amines is 1. The number of amides is 2. The standard InChI is InChI=1S/C32H29ClF2N4O2/c33-20-10-8-19(9-11-20)31-30-23(22-4-1-2-7-27(22)36-30)16-28-32(41)38(18-29(40)39(28)31)21-12-14-37(15-13-21)17-24-25(34)5-3-6-26(24)35/h1-11,21,28,31,36H,12-18H2/t28-,31-/m1/s1. The molecule has 2 saturated heterocycles. The number of halogens is 3. The molecule has 0 unspecified atom stereocenters. The quantitative estimate of drug-likeness (QED) is 0.353. The Balaban J connectivity index is 1.16. The number of para-hydroxylation sites is 1. The number of piperazine rings is 1. The number of hydrogen-bond donors (Lipinski definition) is 1. The van der Waals surface area contributed by atoms with Gasteiger partial charge in [0.05, 0.1) is 6.04 Å². The third-order valence-electron chi connectivity index (χ3n) is 8.92. The minimum atomic E-state index is -0.617. The summed E-state index contributed by atoms with van der Waals surface area (Å²) in [6, 6.07) is 18.3. The number of likely N-dealkylation sites (tertiary alicyclic amines) is 1. The first-order valence-corrected chi connectivity index (χ1v) is 14.4. The number of nitrogens with zero attached hydrogens (tertiary/aromatic N) is 3. The third-order valence-corrected chi connectivity index (χ3v) is 9.17. The summed E-state index contributed by atoms with van der Waals surface area (Å²) >= 11 is 6.19. The van der Waals surface area contributed by atoms with Gasteiger partial charge in [0.25, 0.3) is 0 Å². The topological polar surface area (TPSA) is 59.7 Å². The summed E-state index contributed by atoms with van der Waals surface area (Å²) in [7, 11) is 0. The third kappa shape index (κ3) is 4.50. The van der Waals surface area contributed by atoms with E-state index < -0.39 is 23.7 Å². The Morgan fingerprint density at radius 2 is 1.61 bits per heavy atom. The van der Waals surface area contributed by atoms with Gasteiger partial charge in [0.2, 0.25) is 11.8 Å². The molecule has 0 aliphatic carbocycles. The van der Waals surface area contributed by atoms with Crippen molar-refractivity contribution in [3.8, 4) is 0 Å². The number of fused-ring (bicyclic) bond motifs is 4. The normalized spacial score (nSPS) is 21.8. The molecule has 9 heteroatoms. The van der Waals surface area contributed by atoms with Gasteiger partial charge in [-0.3, -0.25) is 14.5 Å². The number of benzene rings is 3. The first-order chi connectivity index (χ1) is 19.9. The SMILES string of the molecule is O=C1[C@H]2Cc3c([nH]c4ccccc34)[C@@H](c3ccc(Cl)cc3)N2C(=O)CN1C1CCN(Cc2c(F)cccc2F)CC1. The lowest BCUT2D eigenvalue weighted by atomic mass is 9.85. The first-order valence-electron chi connectivity index (χ1n) is 14.0. The van der Waals surface area contributed by atoms with E-state index in [2.05, 4.69) is 11.1 Å². The lowest BCUT2D eigenvalue weighted by Gasteiger charge is -2.49. The number of piperidine rings is 1. The second-order valence-electron chi connectivity index (χ2n) is 11.2. The highest BCUT2D eigenvalue weighted by Gasteiger charge is 2.49. The highest BCUT2D eigenvalue weighted by atomic mass is 35.5. The van der Waals surface area contributed by atoms with Gasteiger partial charge < -0.3 is 14.8 Å². The van der Waals surface area contributed by atoms with Crippen molar-refractivity contribution < 1.29 is 18.4 Å². The van der Waals surface area contributed by atoms with E-state index in [9.17, 15) is 18.4 Å². The van der Waals surface area contributed by atoms with Crippen molar-refractivity contribution in [2.24, 2.45) is 0 Å². The fraction of sp³-hybridized carbons (Fsp3) is 0.312. The molecular weight excluding hydrogens is 546 g/mol. The van der Waals surface area contributed by atoms with Crippen molar-refractivity contribution in [1.29, 1.82) is 0 Å². The lowest BCUT2D eigenvalue weighted by Crippen LogP contribution is -2.65. The van der Waals surface area contributed by atoms with E-state index >= 15 is 0 Å². The van der Waals surface area contributed by atoms with E-state index in [0.29, 0.717) is 37.4 Å². The fourth-order valence-corrected chi connectivity index (χ4v) is 7.01. The minimum Gasteiger partial charge on any atom is -0.356 e. The number of hydrogen-bond acceptors (Lipinski definition) is 3. The van der Waals surface area contributed by atoms with Crippen LogP contribution in [0.4, 0.5) is 8.78 Å². The van der Waals surface area contributed by atoms with Crippen LogP contribution in [0.25, 0.3) is 10.9 Å². The summed E-state index contributed by atoms with van der Waals surface area (Å²) in [6.45, 7) is 1.37. The van der Waals surface area contributed by atoms with E-state index in [0.717, 1.165) is 27.7 Å². The Morgan fingerprint density at radius 3 is 2.34 bits per heavy atom. The van der Waals surface area contributed by atoms with Crippen LogP contribution in [0.15, 0.2) is 66.7 Å². The van der Waals surface area contributed by atoms with Gasteiger partial charge >= 0.3 is 0 Å². The molecule has 2 fully saturated rings. The van der Waals surface area contributed by atoms with Gasteiger partial charge in [0.15, 0.2) is 0 Å². The van der Waals surface area contributed by atoms with Gasteiger partial charge in [-0.25, -0.2) is 8.78 Å². The lowest BCUT2D eigenvalue weighted by molar-refractivity contribution is -0.161. The molecule has 210 valence electrons. The predicted molar refractivity (Wildman–Crippen MR) is 152 cm³/mol. The Kier molecular flexibility index (Phi) is 6.55. The largest absolute Gasteiger partial charge is 0.356 e. The van der Waals surface area contributed by atoms with E-state index in [1.807, 2.05) is 47.4 Å². The van der Waals surface area contributed by atoms with E-state index in [-0.39, 0.29) is 36.5 Å². The zero-order chi connectivity index (χ0) is 28.2. The van der Waals surface area contributed by atoms with Gasteiger partial charge in [-0.2, -0.15) is 0 Å². The number of carbonyl (C=O) groups excluding carboxylic acids is 2. The average molecular weight is 575 g/mol. The van der Waals surface area contributed by atoms with Crippen molar-refractivity contribution in [3.63, 3.8) is 0 Å². The fourth-order valence-electron chi connectivity index (χ4n) is 6.88. The molecule has 3 aliphatic rings. The maximum Gasteiger partial charge on any atom is 0.246 e. The highest BCUT2D eigenvalue weighted by molar-refractivity contribution is 6.30. The van der Waals surface area contributed by atoms with E-state index in [1.165, 1.54) is 18.2 Å². The zero-order valence-electron chi connectivity index (χ0n) is 22.3. The van der Waals surface area contributed by atoms with Gasteiger partial charge in [-0.05, 0) is 54.3 Å². The number of aromatic nitrogens is 1. The second-order valence-corrected chi connectivity index (χ2v) is 11.6. The molecule has 0 bridgehead atoms. The first kappa shape index (κ1) is 26.2. The van der Waals surface area contributed by atoms with Crippen LogP contribution < -0.4 is 0 Å². The van der Waals surface area contributed by atoms with Crippen LogP contribution in [0, 0.1) is 11.6 Å². The summed E-state index contributed by atoms with van der Waals surface area (Å²) in [5.41, 5.74) is 3.94. The van der Waals surface area contributed by atoms with Crippen LogP contribution in [0.3, 0.4) is 0 Å². The number of nitrogens with one attached hydrogen (secondary N) is 1. The van der Waals surface area contributed by atoms with Crippen LogP contribution in [-0.4, -0.2) is 63.2 Å². The molecule has 4 aromatic rings. The van der Waals surface area contributed by atoms with Gasteiger partial charge in [-0.15, -0.1) is 0 Å². The van der Waals surface area contributed by atoms with Crippen LogP contribution in [0.1, 0.15) is 41.3 Å². The summed E-state index contributed by atoms with van der Waals surface area (Å²) in [5.74, 6) is -1.23. The van der Waals surface area contributed by atoms with E-state index in [4.69, 9.17) is 11.6 Å². The Bertz CT molecular complexity index is 1630. The molecule has 41 heavy (non-hydrogen) atoms. The molecule has 0 radical (unpaired) electrons. The molecule has 1 N–H and O–H groups in total. The summed E-state index contributed by atoms with van der Waals surface area (Å²) < 4.78 is 28.4. The van der Waals surface area contributed by atoms with Gasteiger partial charge in [0.1, 0.15) is 24.2 Å². The molecule has 7 rings (SSSR count). The summed E-state index contributed by atoms with van der Waals surface area (Å²) in [6.07, 6.45) is 1.72. The molecule has 3 aromatic carbocycles. The van der Waals surface area contributed by atoms with Gasteiger partial charge in [-0.1, -0.05) is 48.0 Å². The monoisotopic (exact) mass is 574 g/mol. The summed E-state index contributed by atoms with van der Waals surface area (Å²) in [4.78, 5) is 37.1. The Labute approximate surface area is 241 Å². The molecule has 2 amide bonds. The Morgan fingerprint density at radius 1 is 0.902 bits per heavy atom. The molecule has 0 saturated carbocycles. The van der Waals surface area contributed by atoms with Gasteiger partial charge in [0, 0.05) is 59.3 Å². The van der Waals surface area contributed by atoms with Crippen LogP contribution in [-0.2, 0) is 22.6 Å². The maximum absolute atomic E-state index is 14.2. The zero-order valence-corrected chi connectivity index (χ0v) is 23.1. The molecule has 1 aromatic heterocycles. The number of carbonyl (C=O) groups is 2. The van der Waals surface area contributed by atoms with Crippen molar-refractivity contribution in [3.05, 3.63) is 106 Å². The Hall–Kier alpha value is -3.75. The molecule has 3 aliphatic heterocycles. The molecule has 4 heterocycles. The molecule has 6 nitrogen and oxygen atoms in total. The van der Waals surface area contributed by atoms with Crippen molar-refractivity contribution >= 4 is 34.3 Å². The second kappa shape index (κ2) is 10.3. The predicted octanol–water partition coefficient (Wildman–Crippen LogP) is 5.45. The minimum absolute atomic E-state index is 0.0155. The molecule has 0 spiro atoms.